The molecule has 4 nitrogen and oxygen atoms in total. The van der Waals surface area contributed by atoms with Gasteiger partial charge in [0.05, 0.1) is 13.7 Å². The van der Waals surface area contributed by atoms with Gasteiger partial charge in [-0.15, -0.1) is 0 Å². The van der Waals surface area contributed by atoms with Crippen molar-refractivity contribution in [1.29, 1.82) is 0 Å². The first kappa shape index (κ1) is 16.8. The van der Waals surface area contributed by atoms with E-state index in [0.29, 0.717) is 12.6 Å². The molecular formula is C18H28N2O2. The van der Waals surface area contributed by atoms with Gasteiger partial charge >= 0.3 is 0 Å². The minimum absolute atomic E-state index is 0.202. The molecule has 1 atom stereocenters. The van der Waals surface area contributed by atoms with Gasteiger partial charge in [-0.3, -0.25) is 9.69 Å². The normalized spacial score (nSPS) is 19.0. The number of hydrogen-bond acceptors (Lipinski definition) is 3. The summed E-state index contributed by atoms with van der Waals surface area (Å²) in [5.41, 5.74) is 1.31. The number of piperidine rings is 1. The highest BCUT2D eigenvalue weighted by Gasteiger charge is 2.24. The number of carbonyl (C=O) groups excluding carboxylic acids is 1. The Morgan fingerprint density at radius 3 is 2.91 bits per heavy atom. The van der Waals surface area contributed by atoms with E-state index in [1.54, 1.807) is 12.0 Å². The second kappa shape index (κ2) is 8.18. The first-order chi connectivity index (χ1) is 10.6. The molecule has 4 heteroatoms. The van der Waals surface area contributed by atoms with Crippen molar-refractivity contribution in [2.45, 2.75) is 38.1 Å². The largest absolute Gasteiger partial charge is 0.497 e. The summed E-state index contributed by atoms with van der Waals surface area (Å²) in [5, 5.41) is 0. The molecule has 22 heavy (non-hydrogen) atoms. The first-order valence-corrected chi connectivity index (χ1v) is 8.17. The Hall–Kier alpha value is -1.55. The summed E-state index contributed by atoms with van der Waals surface area (Å²) in [6, 6.07) is 8.80. The molecule has 1 amide bonds. The molecule has 0 aliphatic carbocycles. The van der Waals surface area contributed by atoms with Crippen LogP contribution in [0.4, 0.5) is 0 Å². The summed E-state index contributed by atoms with van der Waals surface area (Å²) in [6.07, 6.45) is 5.82. The van der Waals surface area contributed by atoms with Crippen molar-refractivity contribution in [3.8, 4) is 5.75 Å². The first-order valence-electron chi connectivity index (χ1n) is 8.17. The number of amides is 1. The fraction of sp³-hybridized carbons (Fsp3) is 0.611. The predicted molar refractivity (Wildman–Crippen MR) is 89.2 cm³/mol. The van der Waals surface area contributed by atoms with E-state index in [1.807, 2.05) is 26.2 Å². The predicted octanol–water partition coefficient (Wildman–Crippen LogP) is 2.57. The van der Waals surface area contributed by atoms with E-state index in [4.69, 9.17) is 4.74 Å². The molecule has 122 valence electrons. The topological polar surface area (TPSA) is 32.8 Å². The van der Waals surface area contributed by atoms with Crippen molar-refractivity contribution in [2.75, 3.05) is 34.3 Å². The van der Waals surface area contributed by atoms with E-state index in [9.17, 15) is 4.79 Å². The average molecular weight is 304 g/mol. The van der Waals surface area contributed by atoms with Gasteiger partial charge in [-0.1, -0.05) is 18.6 Å². The highest BCUT2D eigenvalue weighted by Crippen LogP contribution is 2.22. The van der Waals surface area contributed by atoms with Crippen LogP contribution >= 0.6 is 0 Å². The van der Waals surface area contributed by atoms with E-state index in [0.717, 1.165) is 25.1 Å². The van der Waals surface area contributed by atoms with Crippen LogP contribution in [0.3, 0.4) is 0 Å². The number of benzene rings is 1. The van der Waals surface area contributed by atoms with Crippen LogP contribution in [0.2, 0.25) is 0 Å². The molecule has 0 N–H and O–H groups in total. The van der Waals surface area contributed by atoms with E-state index in [-0.39, 0.29) is 5.91 Å². The smallest absolute Gasteiger partial charge is 0.236 e. The number of methoxy groups -OCH3 is 1. The van der Waals surface area contributed by atoms with Crippen LogP contribution in [-0.2, 0) is 11.2 Å². The van der Waals surface area contributed by atoms with Gasteiger partial charge in [0.25, 0.3) is 0 Å². The number of nitrogens with zero attached hydrogens (tertiary/aromatic N) is 2. The monoisotopic (exact) mass is 304 g/mol. The SMILES string of the molecule is COc1cccc(CCC2CCCCN2CC(=O)N(C)C)c1. The second-order valence-corrected chi connectivity index (χ2v) is 6.30. The summed E-state index contributed by atoms with van der Waals surface area (Å²) in [6.45, 7) is 1.60. The van der Waals surface area contributed by atoms with Gasteiger partial charge in [-0.2, -0.15) is 0 Å². The lowest BCUT2D eigenvalue weighted by molar-refractivity contribution is -0.130. The molecule has 0 saturated carbocycles. The molecule has 0 bridgehead atoms. The zero-order valence-corrected chi connectivity index (χ0v) is 14.0. The summed E-state index contributed by atoms with van der Waals surface area (Å²) in [5.74, 6) is 1.12. The average Bonchev–Trinajstić information content (AvgIpc) is 2.54. The Labute approximate surface area is 134 Å². The lowest BCUT2D eigenvalue weighted by atomic mass is 9.95. The Kier molecular flexibility index (Phi) is 6.25. The van der Waals surface area contributed by atoms with Crippen molar-refractivity contribution in [3.63, 3.8) is 0 Å². The van der Waals surface area contributed by atoms with Crippen LogP contribution in [0.25, 0.3) is 0 Å². The van der Waals surface area contributed by atoms with Crippen molar-refractivity contribution in [1.82, 2.24) is 9.80 Å². The van der Waals surface area contributed by atoms with Gasteiger partial charge in [0, 0.05) is 20.1 Å². The summed E-state index contributed by atoms with van der Waals surface area (Å²) in [7, 11) is 5.36. The maximum absolute atomic E-state index is 12.0. The van der Waals surface area contributed by atoms with Crippen LogP contribution in [0, 0.1) is 0 Å². The molecule has 1 aromatic rings. The minimum atomic E-state index is 0.202. The zero-order valence-electron chi connectivity index (χ0n) is 14.0. The highest BCUT2D eigenvalue weighted by molar-refractivity contribution is 5.77. The Morgan fingerprint density at radius 1 is 1.36 bits per heavy atom. The van der Waals surface area contributed by atoms with Crippen LogP contribution in [-0.4, -0.2) is 56.0 Å². The van der Waals surface area contributed by atoms with Crippen molar-refractivity contribution < 1.29 is 9.53 Å². The van der Waals surface area contributed by atoms with Crippen LogP contribution in [0.15, 0.2) is 24.3 Å². The number of rotatable bonds is 6. The van der Waals surface area contributed by atoms with Gasteiger partial charge in [0.2, 0.25) is 5.91 Å². The van der Waals surface area contributed by atoms with Crippen LogP contribution in [0.5, 0.6) is 5.75 Å². The Balaban J connectivity index is 1.92. The number of hydrogen-bond donors (Lipinski definition) is 0. The molecule has 0 radical (unpaired) electrons. The molecule has 1 saturated heterocycles. The lowest BCUT2D eigenvalue weighted by Crippen LogP contribution is -2.45. The van der Waals surface area contributed by atoms with Crippen LogP contribution in [0.1, 0.15) is 31.2 Å². The number of likely N-dealkylation sites (N-methyl/N-ethyl adjacent to an activating group) is 1. The Bertz CT molecular complexity index is 488. The van der Waals surface area contributed by atoms with Gasteiger partial charge < -0.3 is 9.64 Å². The lowest BCUT2D eigenvalue weighted by Gasteiger charge is -2.36. The molecule has 0 aromatic heterocycles. The van der Waals surface area contributed by atoms with E-state index in [2.05, 4.69) is 17.0 Å². The number of likely N-dealkylation sites (tertiary alicyclic amines) is 1. The maximum Gasteiger partial charge on any atom is 0.236 e. The van der Waals surface area contributed by atoms with E-state index < -0.39 is 0 Å². The molecule has 1 unspecified atom stereocenters. The number of carbonyl (C=O) groups is 1. The second-order valence-electron chi connectivity index (χ2n) is 6.30. The quantitative estimate of drug-likeness (QED) is 0.810. The molecule has 1 aliphatic heterocycles. The van der Waals surface area contributed by atoms with Crippen molar-refractivity contribution in [2.24, 2.45) is 0 Å². The molecule has 1 aliphatic rings. The highest BCUT2D eigenvalue weighted by atomic mass is 16.5. The van der Waals surface area contributed by atoms with Gasteiger partial charge in [0.1, 0.15) is 5.75 Å². The van der Waals surface area contributed by atoms with E-state index in [1.165, 1.54) is 24.8 Å². The summed E-state index contributed by atoms with van der Waals surface area (Å²) in [4.78, 5) is 16.0. The molecular weight excluding hydrogens is 276 g/mol. The van der Waals surface area contributed by atoms with Crippen molar-refractivity contribution in [3.05, 3.63) is 29.8 Å². The molecule has 1 fully saturated rings. The number of aryl methyl sites for hydroxylation is 1. The molecule has 1 heterocycles. The third kappa shape index (κ3) is 4.73. The number of ether oxygens (including phenoxy) is 1. The van der Waals surface area contributed by atoms with Gasteiger partial charge in [-0.05, 0) is 49.9 Å². The minimum Gasteiger partial charge on any atom is -0.497 e. The maximum atomic E-state index is 12.0. The molecule has 2 rings (SSSR count). The third-order valence-electron chi connectivity index (χ3n) is 4.49. The fourth-order valence-corrected chi connectivity index (χ4v) is 3.07. The van der Waals surface area contributed by atoms with Crippen LogP contribution < -0.4 is 4.74 Å². The Morgan fingerprint density at radius 2 is 2.18 bits per heavy atom. The van der Waals surface area contributed by atoms with Crippen molar-refractivity contribution >= 4 is 5.91 Å². The summed E-state index contributed by atoms with van der Waals surface area (Å²) < 4.78 is 5.29. The fourth-order valence-electron chi connectivity index (χ4n) is 3.07. The third-order valence-corrected chi connectivity index (χ3v) is 4.49. The van der Waals surface area contributed by atoms with Gasteiger partial charge in [-0.25, -0.2) is 0 Å². The zero-order chi connectivity index (χ0) is 15.9. The molecule has 1 aromatic carbocycles. The van der Waals surface area contributed by atoms with E-state index >= 15 is 0 Å². The van der Waals surface area contributed by atoms with Gasteiger partial charge in [0.15, 0.2) is 0 Å². The molecule has 0 spiro atoms. The summed E-state index contributed by atoms with van der Waals surface area (Å²) >= 11 is 0. The standard InChI is InChI=1S/C18H28N2O2/c1-19(2)18(21)14-20-12-5-4-8-16(20)11-10-15-7-6-9-17(13-15)22-3/h6-7,9,13,16H,4-5,8,10-12,14H2,1-3H3.